The molecule has 0 aliphatic carbocycles. The second-order valence-electron chi connectivity index (χ2n) is 18.0. The van der Waals surface area contributed by atoms with Crippen LogP contribution in [0.15, 0.2) is 131 Å². The summed E-state index contributed by atoms with van der Waals surface area (Å²) >= 11 is 30.1. The van der Waals surface area contributed by atoms with Crippen molar-refractivity contribution >= 4 is 209 Å². The van der Waals surface area contributed by atoms with Crippen molar-refractivity contribution in [3.8, 4) is 0 Å². The molecule has 66 heavy (non-hydrogen) atoms. The maximum atomic E-state index is 15.2. The predicted molar refractivity (Wildman–Crippen MR) is 278 cm³/mol. The molecule has 17 aromatic rings. The summed E-state index contributed by atoms with van der Waals surface area (Å²) in [4.78, 5) is 40.9. The summed E-state index contributed by atoms with van der Waals surface area (Å²) in [6.07, 6.45) is 0. The molecule has 0 spiro atoms. The molecule has 0 radical (unpaired) electrons. The lowest BCUT2D eigenvalue weighted by Crippen LogP contribution is -2.14. The summed E-state index contributed by atoms with van der Waals surface area (Å²) in [6, 6.07) is 40.9. The standard InChI is InChI=1S/C56H20Cl4N4O2/c57-33-17-29-43-32(56(66)64-52-28-14-12-24-6-2-4-22-7-9-25(42(28)40(22)24)15-37(52)61-53(29)64)20-36(60)48-47-35(59)19-31-44-30(18-34(58)46(50(44)47)45(33)49(43)48)54-62-51-27-13-11-23-5-1-3-21-8-10-26(41(27)39(21)23)16-38(51)63(54)55(31)65/h1-20H. The van der Waals surface area contributed by atoms with Gasteiger partial charge in [0.15, 0.2) is 0 Å². The lowest BCUT2D eigenvalue weighted by Gasteiger charge is -2.21. The quantitative estimate of drug-likeness (QED) is 0.112. The average molecular weight is 923 g/mol. The zero-order chi connectivity index (χ0) is 43.5. The topological polar surface area (TPSA) is 68.7 Å². The van der Waals surface area contributed by atoms with Crippen LogP contribution < -0.4 is 11.1 Å². The Labute approximate surface area is 387 Å². The molecular weight excluding hydrogens is 902 g/mol. The lowest BCUT2D eigenvalue weighted by molar-refractivity contribution is 1.19. The monoisotopic (exact) mass is 920 g/mol. The first-order valence-corrected chi connectivity index (χ1v) is 23.0. The molecule has 0 unspecified atom stereocenters. The van der Waals surface area contributed by atoms with E-state index in [0.717, 1.165) is 70.3 Å². The van der Waals surface area contributed by atoms with Crippen molar-refractivity contribution in [3.05, 3.63) is 162 Å². The minimum Gasteiger partial charge on any atom is -0.268 e. The van der Waals surface area contributed by atoms with Gasteiger partial charge in [-0.05, 0) is 90.3 Å². The largest absolute Gasteiger partial charge is 0.268 e. The Bertz CT molecular complexity index is 5210. The van der Waals surface area contributed by atoms with Crippen molar-refractivity contribution in [2.24, 2.45) is 0 Å². The molecule has 0 saturated heterocycles. The van der Waals surface area contributed by atoms with E-state index in [1.807, 2.05) is 12.1 Å². The maximum Gasteiger partial charge on any atom is 0.264 e. The Hall–Kier alpha value is -7.32. The number of nitrogens with zero attached hydrogens (tertiary/aromatic N) is 4. The molecule has 6 nitrogen and oxygen atoms in total. The van der Waals surface area contributed by atoms with E-state index >= 15 is 9.59 Å². The zero-order valence-electron chi connectivity index (χ0n) is 33.7. The van der Waals surface area contributed by atoms with Gasteiger partial charge in [-0.1, -0.05) is 131 Å². The first-order chi connectivity index (χ1) is 32.2. The fourth-order valence-corrected chi connectivity index (χ4v) is 13.7. The molecule has 0 N–H and O–H groups in total. The van der Waals surface area contributed by atoms with Crippen molar-refractivity contribution in [2.75, 3.05) is 0 Å². The van der Waals surface area contributed by atoms with Crippen LogP contribution in [-0.2, 0) is 0 Å². The Balaban J connectivity index is 1.05. The third kappa shape index (κ3) is 3.74. The van der Waals surface area contributed by atoms with Gasteiger partial charge in [0.1, 0.15) is 11.3 Å². The Morgan fingerprint density at radius 3 is 1.35 bits per heavy atom. The summed E-state index contributed by atoms with van der Waals surface area (Å²) in [7, 11) is 0. The molecule has 10 heteroatoms. The molecule has 0 saturated carbocycles. The molecule has 4 aromatic heterocycles. The maximum absolute atomic E-state index is 15.2. The van der Waals surface area contributed by atoms with E-state index in [2.05, 4.69) is 97.1 Å². The van der Waals surface area contributed by atoms with Crippen LogP contribution in [0.3, 0.4) is 0 Å². The van der Waals surface area contributed by atoms with Crippen LogP contribution in [0.4, 0.5) is 0 Å². The van der Waals surface area contributed by atoms with Crippen molar-refractivity contribution in [3.63, 3.8) is 0 Å². The van der Waals surface area contributed by atoms with Crippen molar-refractivity contribution < 1.29 is 0 Å². The van der Waals surface area contributed by atoms with Gasteiger partial charge in [0.2, 0.25) is 0 Å². The number of hydrogen-bond acceptors (Lipinski definition) is 4. The highest BCUT2D eigenvalue weighted by molar-refractivity contribution is 6.56. The Kier molecular flexibility index (Phi) is 5.94. The highest BCUT2D eigenvalue weighted by Gasteiger charge is 2.30. The molecule has 0 atom stereocenters. The molecule has 304 valence electrons. The molecular formula is C56H20Cl4N4O2. The summed E-state index contributed by atoms with van der Waals surface area (Å²) in [5.41, 5.74) is 3.32. The SMILES string of the molecule is O=c1c2cc(Cl)c3c4c(Cl)cc5c(=O)n6c(nc7cc8ccc9cccc%10ccc(c8c9%10)c76)c6cc(Cl)c(c7c(Cl)cc(c2c37)c2nc3c7ccc8cccc9ccc(cc3n12)c7c98)c4c56. The molecule has 0 fully saturated rings. The second kappa shape index (κ2) is 11.2. The van der Waals surface area contributed by atoms with Gasteiger partial charge >= 0.3 is 0 Å². The molecule has 0 aliphatic rings. The van der Waals surface area contributed by atoms with Gasteiger partial charge in [0, 0.05) is 84.7 Å². The summed E-state index contributed by atoms with van der Waals surface area (Å²) in [5.74, 6) is 0. The lowest BCUT2D eigenvalue weighted by atomic mass is 9.86. The van der Waals surface area contributed by atoms with Gasteiger partial charge in [-0.2, -0.15) is 0 Å². The smallest absolute Gasteiger partial charge is 0.264 e. The van der Waals surface area contributed by atoms with Gasteiger partial charge in [-0.25, -0.2) is 9.97 Å². The van der Waals surface area contributed by atoms with E-state index < -0.39 is 0 Å². The Morgan fingerprint density at radius 1 is 0.348 bits per heavy atom. The molecule has 4 heterocycles. The van der Waals surface area contributed by atoms with Gasteiger partial charge in [0.25, 0.3) is 11.1 Å². The van der Waals surface area contributed by atoms with E-state index in [9.17, 15) is 0 Å². The summed E-state index contributed by atoms with van der Waals surface area (Å²) < 4.78 is 3.42. The van der Waals surface area contributed by atoms with Crippen LogP contribution in [0.1, 0.15) is 0 Å². The Morgan fingerprint density at radius 2 is 0.788 bits per heavy atom. The van der Waals surface area contributed by atoms with E-state index in [-0.39, 0.29) is 11.1 Å². The predicted octanol–water partition coefficient (Wildman–Crippen LogP) is 15.6. The molecule has 13 aromatic carbocycles. The molecule has 0 amide bonds. The van der Waals surface area contributed by atoms with Gasteiger partial charge < -0.3 is 0 Å². The zero-order valence-corrected chi connectivity index (χ0v) is 36.7. The first-order valence-electron chi connectivity index (χ1n) is 21.5. The normalized spacial score (nSPS) is 13.3. The van der Waals surface area contributed by atoms with Crippen LogP contribution in [0.2, 0.25) is 20.1 Å². The molecule has 0 bridgehead atoms. The number of rotatable bonds is 0. The number of benzene rings is 13. The van der Waals surface area contributed by atoms with E-state index in [4.69, 9.17) is 56.4 Å². The summed E-state index contributed by atoms with van der Waals surface area (Å²) in [6.45, 7) is 0. The fraction of sp³-hybridized carbons (Fsp3) is 0. The number of aromatic nitrogens is 4. The minimum atomic E-state index is -0.252. The number of imidazole rings is 2. The van der Waals surface area contributed by atoms with Gasteiger partial charge in [-0.3, -0.25) is 18.4 Å². The van der Waals surface area contributed by atoms with Crippen LogP contribution >= 0.6 is 46.4 Å². The van der Waals surface area contributed by atoms with Crippen LogP contribution in [0.25, 0.3) is 163 Å². The van der Waals surface area contributed by atoms with Crippen molar-refractivity contribution in [1.82, 2.24) is 18.8 Å². The first kappa shape index (κ1) is 35.0. The highest BCUT2D eigenvalue weighted by Crippen LogP contribution is 2.54. The van der Waals surface area contributed by atoms with Gasteiger partial charge in [-0.15, -0.1) is 0 Å². The van der Waals surface area contributed by atoms with E-state index in [0.29, 0.717) is 107 Å². The third-order valence-electron chi connectivity index (χ3n) is 15.0. The number of fused-ring (bicyclic) bond motifs is 12. The fourth-order valence-electron chi connectivity index (χ4n) is 12.5. The third-order valence-corrected chi connectivity index (χ3v) is 16.2. The second-order valence-corrected chi connectivity index (χ2v) is 19.6. The minimum absolute atomic E-state index is 0.250. The number of pyridine rings is 2. The van der Waals surface area contributed by atoms with Crippen LogP contribution in [0.5, 0.6) is 0 Å². The molecule has 0 aliphatic heterocycles. The number of halogens is 4. The van der Waals surface area contributed by atoms with E-state index in [1.54, 1.807) is 20.9 Å². The average Bonchev–Trinajstić information content (AvgIpc) is 3.91. The molecule has 17 rings (SSSR count). The van der Waals surface area contributed by atoms with Crippen LogP contribution in [0, 0.1) is 0 Å². The van der Waals surface area contributed by atoms with Crippen molar-refractivity contribution in [2.45, 2.75) is 0 Å². The van der Waals surface area contributed by atoms with Crippen LogP contribution in [-0.4, -0.2) is 18.8 Å². The van der Waals surface area contributed by atoms with Crippen molar-refractivity contribution in [1.29, 1.82) is 0 Å². The summed E-state index contributed by atoms with van der Waals surface area (Å²) in [5, 5.41) is 21.8. The van der Waals surface area contributed by atoms with Gasteiger partial charge in [0.05, 0.1) is 32.8 Å². The highest BCUT2D eigenvalue weighted by atomic mass is 35.5. The number of hydrogen-bond donors (Lipinski definition) is 0. The van der Waals surface area contributed by atoms with E-state index in [1.165, 1.54) is 5.39 Å².